The van der Waals surface area contributed by atoms with E-state index >= 15 is 0 Å². The van der Waals surface area contributed by atoms with Gasteiger partial charge in [0.15, 0.2) is 11.0 Å². The number of thioether (sulfide) groups is 1. The standard InChI is InChI=1S/C26H27N3OS/c1-4-16-29-25(21-12-14-23(15-13-21)30-17-19(2)3)27-28-26(29)31-18-22-10-7-9-20-8-5-6-11-24(20)22/h4-15,19H,1,16-18H2,2-3H3. The third kappa shape index (κ3) is 5.00. The van der Waals surface area contributed by atoms with Crippen molar-refractivity contribution in [3.8, 4) is 17.1 Å². The van der Waals surface area contributed by atoms with Crippen LogP contribution < -0.4 is 4.74 Å². The van der Waals surface area contributed by atoms with E-state index in [4.69, 9.17) is 4.74 Å². The molecule has 0 radical (unpaired) electrons. The lowest BCUT2D eigenvalue weighted by atomic mass is 10.1. The Balaban J connectivity index is 1.55. The summed E-state index contributed by atoms with van der Waals surface area (Å²) in [7, 11) is 0. The van der Waals surface area contributed by atoms with Crippen LogP contribution in [0.3, 0.4) is 0 Å². The Hall–Kier alpha value is -3.05. The maximum atomic E-state index is 5.80. The zero-order valence-electron chi connectivity index (χ0n) is 18.0. The molecule has 0 spiro atoms. The minimum absolute atomic E-state index is 0.497. The average Bonchev–Trinajstić information content (AvgIpc) is 3.19. The number of hydrogen-bond acceptors (Lipinski definition) is 4. The molecule has 4 nitrogen and oxygen atoms in total. The first-order valence-electron chi connectivity index (χ1n) is 10.5. The lowest BCUT2D eigenvalue weighted by molar-refractivity contribution is 0.271. The predicted octanol–water partition coefficient (Wildman–Crippen LogP) is 6.61. The fourth-order valence-electron chi connectivity index (χ4n) is 3.43. The number of benzene rings is 3. The first-order chi connectivity index (χ1) is 15.2. The number of rotatable bonds is 9. The summed E-state index contributed by atoms with van der Waals surface area (Å²) in [5.74, 6) is 3.05. The molecule has 0 aliphatic carbocycles. The van der Waals surface area contributed by atoms with Gasteiger partial charge in [0, 0.05) is 17.9 Å². The minimum Gasteiger partial charge on any atom is -0.493 e. The molecule has 0 bridgehead atoms. The average molecular weight is 430 g/mol. The highest BCUT2D eigenvalue weighted by atomic mass is 32.2. The van der Waals surface area contributed by atoms with Gasteiger partial charge in [-0.1, -0.05) is 74.1 Å². The van der Waals surface area contributed by atoms with Gasteiger partial charge in [0.25, 0.3) is 0 Å². The van der Waals surface area contributed by atoms with Crippen LogP contribution in [0.25, 0.3) is 22.2 Å². The van der Waals surface area contributed by atoms with Gasteiger partial charge < -0.3 is 4.74 Å². The molecule has 1 aromatic heterocycles. The van der Waals surface area contributed by atoms with E-state index in [1.54, 1.807) is 11.8 Å². The van der Waals surface area contributed by atoms with Crippen LogP contribution in [0.15, 0.2) is 84.5 Å². The topological polar surface area (TPSA) is 39.9 Å². The summed E-state index contributed by atoms with van der Waals surface area (Å²) in [6.07, 6.45) is 1.88. The molecular weight excluding hydrogens is 402 g/mol. The quantitative estimate of drug-likeness (QED) is 0.222. The van der Waals surface area contributed by atoms with E-state index in [1.807, 2.05) is 30.3 Å². The summed E-state index contributed by atoms with van der Waals surface area (Å²) >= 11 is 1.70. The highest BCUT2D eigenvalue weighted by molar-refractivity contribution is 7.98. The second kappa shape index (κ2) is 9.84. The third-order valence-corrected chi connectivity index (χ3v) is 5.98. The number of allylic oxidation sites excluding steroid dienone is 1. The summed E-state index contributed by atoms with van der Waals surface area (Å²) in [6.45, 7) is 9.57. The number of ether oxygens (including phenoxy) is 1. The van der Waals surface area contributed by atoms with Crippen molar-refractivity contribution < 1.29 is 4.74 Å². The van der Waals surface area contributed by atoms with Gasteiger partial charge in [0.1, 0.15) is 5.75 Å². The van der Waals surface area contributed by atoms with Gasteiger partial charge in [-0.15, -0.1) is 16.8 Å². The van der Waals surface area contributed by atoms with Gasteiger partial charge >= 0.3 is 0 Å². The Labute approximate surface area is 188 Å². The van der Waals surface area contributed by atoms with E-state index in [0.717, 1.165) is 28.0 Å². The smallest absolute Gasteiger partial charge is 0.192 e. The van der Waals surface area contributed by atoms with Gasteiger partial charge in [-0.05, 0) is 46.5 Å². The third-order valence-electron chi connectivity index (χ3n) is 4.96. The van der Waals surface area contributed by atoms with Gasteiger partial charge in [0.05, 0.1) is 6.61 Å². The molecule has 158 valence electrons. The predicted molar refractivity (Wildman–Crippen MR) is 129 cm³/mol. The molecule has 0 saturated carbocycles. The van der Waals surface area contributed by atoms with E-state index in [2.05, 4.69) is 77.7 Å². The highest BCUT2D eigenvalue weighted by Crippen LogP contribution is 2.30. The molecule has 5 heteroatoms. The van der Waals surface area contributed by atoms with E-state index < -0.39 is 0 Å². The Kier molecular flexibility index (Phi) is 6.73. The first-order valence-corrected chi connectivity index (χ1v) is 11.5. The SMILES string of the molecule is C=CCn1c(SCc2cccc3ccccc23)nnc1-c1ccc(OCC(C)C)cc1. The monoisotopic (exact) mass is 429 g/mol. The highest BCUT2D eigenvalue weighted by Gasteiger charge is 2.14. The molecule has 4 aromatic rings. The summed E-state index contributed by atoms with van der Waals surface area (Å²) in [5.41, 5.74) is 2.31. The molecular formula is C26H27N3OS. The van der Waals surface area contributed by atoms with Crippen molar-refractivity contribution in [2.45, 2.75) is 31.3 Å². The molecule has 4 rings (SSSR count). The summed E-state index contributed by atoms with van der Waals surface area (Å²) in [6, 6.07) is 23.0. The fourth-order valence-corrected chi connectivity index (χ4v) is 4.38. The number of fused-ring (bicyclic) bond motifs is 1. The summed E-state index contributed by atoms with van der Waals surface area (Å²) in [5, 5.41) is 12.4. The first kappa shape index (κ1) is 21.2. The van der Waals surface area contributed by atoms with Crippen molar-refractivity contribution in [1.82, 2.24) is 14.8 Å². The van der Waals surface area contributed by atoms with Crippen LogP contribution in [0.2, 0.25) is 0 Å². The van der Waals surface area contributed by atoms with Crippen molar-refractivity contribution >= 4 is 22.5 Å². The number of nitrogens with zero attached hydrogens (tertiary/aromatic N) is 3. The Morgan fingerprint density at radius 3 is 2.55 bits per heavy atom. The zero-order valence-corrected chi connectivity index (χ0v) is 18.8. The Morgan fingerprint density at radius 2 is 1.77 bits per heavy atom. The van der Waals surface area contributed by atoms with Crippen LogP contribution in [0.5, 0.6) is 5.75 Å². The van der Waals surface area contributed by atoms with Crippen molar-refractivity contribution in [3.63, 3.8) is 0 Å². The molecule has 0 fully saturated rings. The van der Waals surface area contributed by atoms with Crippen molar-refractivity contribution in [2.24, 2.45) is 5.92 Å². The second-order valence-electron chi connectivity index (χ2n) is 7.86. The Bertz CT molecular complexity index is 1160. The van der Waals surface area contributed by atoms with Crippen molar-refractivity contribution in [3.05, 3.63) is 84.9 Å². The van der Waals surface area contributed by atoms with E-state index in [-0.39, 0.29) is 0 Å². The largest absolute Gasteiger partial charge is 0.493 e. The van der Waals surface area contributed by atoms with Crippen molar-refractivity contribution in [2.75, 3.05) is 6.61 Å². The van der Waals surface area contributed by atoms with E-state index in [9.17, 15) is 0 Å². The van der Waals surface area contributed by atoms with Crippen LogP contribution in [-0.2, 0) is 12.3 Å². The lowest BCUT2D eigenvalue weighted by Crippen LogP contribution is -2.04. The summed E-state index contributed by atoms with van der Waals surface area (Å²) in [4.78, 5) is 0. The van der Waals surface area contributed by atoms with Crippen LogP contribution in [0.1, 0.15) is 19.4 Å². The van der Waals surface area contributed by atoms with Crippen LogP contribution >= 0.6 is 11.8 Å². The van der Waals surface area contributed by atoms with Crippen LogP contribution in [0, 0.1) is 5.92 Å². The van der Waals surface area contributed by atoms with Gasteiger partial charge in [-0.3, -0.25) is 4.57 Å². The fraction of sp³-hybridized carbons (Fsp3) is 0.231. The number of aromatic nitrogens is 3. The lowest BCUT2D eigenvalue weighted by Gasteiger charge is -2.11. The maximum absolute atomic E-state index is 5.80. The van der Waals surface area contributed by atoms with E-state index in [1.165, 1.54) is 16.3 Å². The molecule has 0 atom stereocenters. The molecule has 0 unspecified atom stereocenters. The molecule has 3 aromatic carbocycles. The van der Waals surface area contributed by atoms with E-state index in [0.29, 0.717) is 19.1 Å². The molecule has 0 aliphatic rings. The van der Waals surface area contributed by atoms with Gasteiger partial charge in [0.2, 0.25) is 0 Å². The van der Waals surface area contributed by atoms with Crippen molar-refractivity contribution in [1.29, 1.82) is 0 Å². The van der Waals surface area contributed by atoms with Gasteiger partial charge in [-0.2, -0.15) is 0 Å². The minimum atomic E-state index is 0.497. The molecule has 0 amide bonds. The molecule has 1 heterocycles. The Morgan fingerprint density at radius 1 is 1.00 bits per heavy atom. The molecule has 0 N–H and O–H groups in total. The zero-order chi connectivity index (χ0) is 21.6. The second-order valence-corrected chi connectivity index (χ2v) is 8.80. The maximum Gasteiger partial charge on any atom is 0.192 e. The van der Waals surface area contributed by atoms with Gasteiger partial charge in [-0.25, -0.2) is 0 Å². The normalized spacial score (nSPS) is 11.2. The molecule has 31 heavy (non-hydrogen) atoms. The van der Waals surface area contributed by atoms with Crippen LogP contribution in [-0.4, -0.2) is 21.4 Å². The molecule has 0 aliphatic heterocycles. The molecule has 0 saturated heterocycles. The number of hydrogen-bond donors (Lipinski definition) is 0. The van der Waals surface area contributed by atoms with Crippen LogP contribution in [0.4, 0.5) is 0 Å². The summed E-state index contributed by atoms with van der Waals surface area (Å²) < 4.78 is 7.92.